The first-order valence-electron chi connectivity index (χ1n) is 12.0. The van der Waals surface area contributed by atoms with Gasteiger partial charge in [-0.1, -0.05) is 38.8 Å². The molecule has 166 valence electrons. The predicted molar refractivity (Wildman–Crippen MR) is 118 cm³/mol. The monoisotopic (exact) mass is 432 g/mol. The van der Waals surface area contributed by atoms with Gasteiger partial charge >= 0.3 is 5.97 Å². The molecule has 0 aromatic rings. The Balaban J connectivity index is 1.64. The molecule has 1 N–H and O–H groups in total. The average molecular weight is 433 g/mol. The molecule has 3 saturated carbocycles. The second kappa shape index (κ2) is 7.10. The number of hydrogen-bond donors (Lipinski definition) is 1. The molecular formula is C25H36O4S. The number of carbonyl (C=O) groups is 2. The van der Waals surface area contributed by atoms with Gasteiger partial charge in [-0.2, -0.15) is 0 Å². The Bertz CT molecular complexity index is 771. The number of aliphatic carboxylic acids is 1. The summed E-state index contributed by atoms with van der Waals surface area (Å²) in [5.41, 5.74) is -0.912. The van der Waals surface area contributed by atoms with Gasteiger partial charge in [-0.3, -0.25) is 4.79 Å². The highest BCUT2D eigenvalue weighted by molar-refractivity contribution is 7.99. The van der Waals surface area contributed by atoms with E-state index >= 15 is 0 Å². The molecule has 1 aliphatic heterocycles. The minimum atomic E-state index is -1.03. The van der Waals surface area contributed by atoms with Crippen LogP contribution in [0.2, 0.25) is 0 Å². The second-order valence-electron chi connectivity index (χ2n) is 11.1. The van der Waals surface area contributed by atoms with Crippen molar-refractivity contribution in [2.24, 2.45) is 45.8 Å². The van der Waals surface area contributed by atoms with Crippen LogP contribution in [-0.2, 0) is 14.3 Å². The lowest BCUT2D eigenvalue weighted by molar-refractivity contribution is -0.177. The number of carboxylic acid groups (broad SMARTS) is 1. The van der Waals surface area contributed by atoms with Gasteiger partial charge in [-0.05, 0) is 68.1 Å². The van der Waals surface area contributed by atoms with E-state index in [1.807, 2.05) is 11.8 Å². The molecule has 1 heterocycles. The van der Waals surface area contributed by atoms with Crippen molar-refractivity contribution in [1.82, 2.24) is 0 Å². The van der Waals surface area contributed by atoms with Crippen LogP contribution >= 0.6 is 11.8 Å². The lowest BCUT2D eigenvalue weighted by Crippen LogP contribution is -2.63. The van der Waals surface area contributed by atoms with E-state index in [1.54, 1.807) is 0 Å². The van der Waals surface area contributed by atoms with E-state index in [2.05, 4.69) is 26.8 Å². The van der Waals surface area contributed by atoms with E-state index in [9.17, 15) is 14.7 Å². The van der Waals surface area contributed by atoms with Crippen LogP contribution in [0.25, 0.3) is 0 Å². The molecule has 0 aromatic carbocycles. The number of carboxylic acids is 1. The maximum absolute atomic E-state index is 13.4. The van der Waals surface area contributed by atoms with Crippen LogP contribution in [0.15, 0.2) is 11.6 Å². The van der Waals surface area contributed by atoms with Crippen molar-refractivity contribution < 1.29 is 19.4 Å². The highest BCUT2D eigenvalue weighted by atomic mass is 32.2. The molecule has 4 bridgehead atoms. The van der Waals surface area contributed by atoms with Crippen molar-refractivity contribution in [2.45, 2.75) is 71.2 Å². The molecule has 1 saturated heterocycles. The quantitative estimate of drug-likeness (QED) is 0.463. The Hall–Kier alpha value is -0.810. The van der Waals surface area contributed by atoms with Crippen LogP contribution in [-0.4, -0.2) is 35.2 Å². The smallest absolute Gasteiger partial charge is 0.315 e. The minimum Gasteiger partial charge on any atom is -0.481 e. The summed E-state index contributed by atoms with van der Waals surface area (Å²) in [5, 5.41) is 11.0. The normalized spacial score (nSPS) is 49.2. The first kappa shape index (κ1) is 21.1. The Kier molecular flexibility index (Phi) is 4.98. The number of carbonyl (C=O) groups excluding carboxylic acids is 1. The van der Waals surface area contributed by atoms with Crippen molar-refractivity contribution in [3.63, 3.8) is 0 Å². The van der Waals surface area contributed by atoms with Crippen LogP contribution in [0.3, 0.4) is 0 Å². The fourth-order valence-corrected chi connectivity index (χ4v) is 10.3. The Morgan fingerprint density at radius 3 is 2.73 bits per heavy atom. The van der Waals surface area contributed by atoms with Gasteiger partial charge in [0.15, 0.2) is 0 Å². The number of allylic oxidation sites excluding steroid dienone is 1. The highest BCUT2D eigenvalue weighted by Crippen LogP contribution is 2.83. The van der Waals surface area contributed by atoms with Gasteiger partial charge in [-0.25, -0.2) is 0 Å². The summed E-state index contributed by atoms with van der Waals surface area (Å²) in [4.78, 5) is 26.3. The van der Waals surface area contributed by atoms with E-state index in [0.717, 1.165) is 62.7 Å². The zero-order valence-electron chi connectivity index (χ0n) is 18.6. The van der Waals surface area contributed by atoms with Gasteiger partial charge < -0.3 is 14.6 Å². The van der Waals surface area contributed by atoms with Crippen molar-refractivity contribution >= 4 is 24.0 Å². The molecule has 30 heavy (non-hydrogen) atoms. The van der Waals surface area contributed by atoms with Gasteiger partial charge in [0.05, 0.1) is 5.41 Å². The molecule has 0 spiro atoms. The number of rotatable bonds is 6. The topological polar surface area (TPSA) is 63.6 Å². The summed E-state index contributed by atoms with van der Waals surface area (Å²) in [6.45, 7) is 7.37. The van der Waals surface area contributed by atoms with Crippen molar-refractivity contribution in [2.75, 3.05) is 12.4 Å². The summed E-state index contributed by atoms with van der Waals surface area (Å²) >= 11 is 1.84. The zero-order chi connectivity index (χ0) is 21.3. The molecule has 8 unspecified atom stereocenters. The summed E-state index contributed by atoms with van der Waals surface area (Å²) in [5.74, 6) is 1.68. The maximum atomic E-state index is 13.4. The molecule has 4 fully saturated rings. The second-order valence-corrected chi connectivity index (χ2v) is 12.2. The van der Waals surface area contributed by atoms with E-state index in [4.69, 9.17) is 4.74 Å². The Morgan fingerprint density at radius 1 is 1.30 bits per heavy atom. The van der Waals surface area contributed by atoms with Crippen molar-refractivity contribution in [3.8, 4) is 0 Å². The van der Waals surface area contributed by atoms with Crippen LogP contribution in [0, 0.1) is 45.8 Å². The Labute approximate surface area is 184 Å². The predicted octanol–water partition coefficient (Wildman–Crippen LogP) is 5.17. The first-order chi connectivity index (χ1) is 14.3. The van der Waals surface area contributed by atoms with E-state index in [-0.39, 0.29) is 28.6 Å². The van der Waals surface area contributed by atoms with E-state index < -0.39 is 16.8 Å². The largest absolute Gasteiger partial charge is 0.481 e. The van der Waals surface area contributed by atoms with Gasteiger partial charge in [0.1, 0.15) is 17.1 Å². The fourth-order valence-electron chi connectivity index (χ4n) is 8.72. The molecule has 4 nitrogen and oxygen atoms in total. The number of hydrogen-bond acceptors (Lipinski definition) is 4. The number of ether oxygens (including phenoxy) is 1. The van der Waals surface area contributed by atoms with E-state index in [1.165, 1.54) is 6.42 Å². The SMILES string of the molecule is CC(C)C1=CC2CC3(C=O)C4CCC(C)C4CC2(CSC2CCCCO2)C13C(=O)O. The van der Waals surface area contributed by atoms with Gasteiger partial charge in [0.2, 0.25) is 0 Å². The molecule has 5 aliphatic rings. The first-order valence-corrected chi connectivity index (χ1v) is 13.0. The van der Waals surface area contributed by atoms with Gasteiger partial charge in [0, 0.05) is 17.8 Å². The molecule has 0 radical (unpaired) electrons. The average Bonchev–Trinajstić information content (AvgIpc) is 3.30. The van der Waals surface area contributed by atoms with Crippen molar-refractivity contribution in [1.29, 1.82) is 0 Å². The summed E-state index contributed by atoms with van der Waals surface area (Å²) in [7, 11) is 0. The summed E-state index contributed by atoms with van der Waals surface area (Å²) in [6.07, 6.45) is 10.6. The standard InChI is InChI=1S/C25H36O4S/c1-15(2)20-10-17-11-23(13-26)19-8-7-16(3)18(19)12-24(17,25(20,23)22(27)28)14-30-21-6-4-5-9-29-21/h10,13,15-19,21H,4-9,11-12,14H2,1-3H3,(H,27,28). The fraction of sp³-hybridized carbons (Fsp3) is 0.840. The maximum Gasteiger partial charge on any atom is 0.315 e. The van der Waals surface area contributed by atoms with Crippen molar-refractivity contribution in [3.05, 3.63) is 11.6 Å². The number of thioether (sulfide) groups is 1. The van der Waals surface area contributed by atoms with Crippen LogP contribution in [0.4, 0.5) is 0 Å². The summed E-state index contributed by atoms with van der Waals surface area (Å²) < 4.78 is 6.02. The van der Waals surface area contributed by atoms with Crippen LogP contribution < -0.4 is 0 Å². The van der Waals surface area contributed by atoms with Crippen LogP contribution in [0.1, 0.15) is 65.7 Å². The van der Waals surface area contributed by atoms with Crippen LogP contribution in [0.5, 0.6) is 0 Å². The highest BCUT2D eigenvalue weighted by Gasteiger charge is 2.84. The summed E-state index contributed by atoms with van der Waals surface area (Å²) in [6, 6.07) is 0. The number of fused-ring (bicyclic) bond motifs is 2. The molecule has 0 amide bonds. The third kappa shape index (κ3) is 2.34. The molecule has 5 heteroatoms. The number of aldehydes is 1. The molecule has 4 aliphatic carbocycles. The lowest BCUT2D eigenvalue weighted by atomic mass is 9.43. The van der Waals surface area contributed by atoms with E-state index in [0.29, 0.717) is 11.8 Å². The Morgan fingerprint density at radius 2 is 2.10 bits per heavy atom. The molecular weight excluding hydrogens is 396 g/mol. The lowest BCUT2D eigenvalue weighted by Gasteiger charge is -2.58. The van der Waals surface area contributed by atoms with Gasteiger partial charge in [-0.15, -0.1) is 11.8 Å². The molecule has 8 atom stereocenters. The third-order valence-electron chi connectivity index (χ3n) is 9.79. The van der Waals surface area contributed by atoms with Gasteiger partial charge in [0.25, 0.3) is 0 Å². The third-order valence-corrected chi connectivity index (χ3v) is 11.2. The minimum absolute atomic E-state index is 0.149. The molecule has 0 aromatic heterocycles. The zero-order valence-corrected chi connectivity index (χ0v) is 19.4. The molecule has 5 rings (SSSR count).